The van der Waals surface area contributed by atoms with Crippen molar-refractivity contribution in [2.75, 3.05) is 0 Å². The smallest absolute Gasteiger partial charge is 0.295 e. The fourth-order valence-corrected chi connectivity index (χ4v) is 3.50. The quantitative estimate of drug-likeness (QED) is 0.561. The summed E-state index contributed by atoms with van der Waals surface area (Å²) in [5.74, 6) is 0.443. The number of hydrogen-bond acceptors (Lipinski definition) is 4. The third-order valence-corrected chi connectivity index (χ3v) is 4.53. The molecule has 1 aliphatic carbocycles. The molecule has 0 bridgehead atoms. The van der Waals surface area contributed by atoms with Crippen molar-refractivity contribution in [3.63, 3.8) is 0 Å². The van der Waals surface area contributed by atoms with E-state index in [1.165, 1.54) is 6.42 Å². The Hall–Kier alpha value is -0.840. The Bertz CT molecular complexity index is 309. The highest BCUT2D eigenvalue weighted by Crippen LogP contribution is 2.45. The van der Waals surface area contributed by atoms with Crippen LogP contribution in [0.25, 0.3) is 0 Å². The van der Waals surface area contributed by atoms with Crippen LogP contribution in [0.2, 0.25) is 0 Å². The van der Waals surface area contributed by atoms with Crippen LogP contribution in [0.15, 0.2) is 0 Å². The third kappa shape index (κ3) is 2.60. The molecule has 2 fully saturated rings. The van der Waals surface area contributed by atoms with E-state index in [0.717, 1.165) is 38.5 Å². The van der Waals surface area contributed by atoms with Crippen molar-refractivity contribution < 1.29 is 14.7 Å². The Morgan fingerprint density at radius 2 is 2.28 bits per heavy atom. The van der Waals surface area contributed by atoms with Crippen LogP contribution in [-0.2, 0) is 9.57 Å². The summed E-state index contributed by atoms with van der Waals surface area (Å²) in [7, 11) is 0. The molecule has 1 saturated carbocycles. The molecule has 1 saturated heterocycles. The first kappa shape index (κ1) is 13.6. The summed E-state index contributed by atoms with van der Waals surface area (Å²) in [4.78, 5) is 15.9. The van der Waals surface area contributed by atoms with Gasteiger partial charge in [-0.15, -0.1) is 10.1 Å². The maximum atomic E-state index is 10.8. The molecule has 18 heavy (non-hydrogen) atoms. The standard InChI is InChI=1S/C13H23NO4/c1-3-4-8-13(18-14(15)16)9-11-6-5-7-12(11)17-10(13)2/h10-12H,3-9H2,1-2H3/t10?,11-,12-,13?/m1/s1. The molecule has 2 unspecified atom stereocenters. The van der Waals surface area contributed by atoms with Crippen molar-refractivity contribution in [1.29, 1.82) is 0 Å². The van der Waals surface area contributed by atoms with Gasteiger partial charge < -0.3 is 9.57 Å². The molecular weight excluding hydrogens is 234 g/mol. The van der Waals surface area contributed by atoms with Crippen LogP contribution in [0.4, 0.5) is 0 Å². The largest absolute Gasteiger partial charge is 0.372 e. The summed E-state index contributed by atoms with van der Waals surface area (Å²) in [6.07, 6.45) is 6.95. The van der Waals surface area contributed by atoms with E-state index < -0.39 is 10.7 Å². The molecule has 2 aliphatic rings. The van der Waals surface area contributed by atoms with E-state index in [4.69, 9.17) is 9.57 Å². The topological polar surface area (TPSA) is 61.6 Å². The zero-order valence-corrected chi connectivity index (χ0v) is 11.3. The molecule has 0 aromatic carbocycles. The summed E-state index contributed by atoms with van der Waals surface area (Å²) < 4.78 is 5.99. The van der Waals surface area contributed by atoms with Gasteiger partial charge in [-0.1, -0.05) is 26.2 Å². The van der Waals surface area contributed by atoms with Gasteiger partial charge in [0, 0.05) is 0 Å². The average molecular weight is 257 g/mol. The SMILES string of the molecule is CCCCC1(O[N+](=O)[O-])C[C@H]2CCC[C@H]2OC1C. The number of rotatable bonds is 5. The molecule has 0 aromatic rings. The monoisotopic (exact) mass is 257 g/mol. The predicted octanol–water partition coefficient (Wildman–Crippen LogP) is 3.10. The first-order chi connectivity index (χ1) is 8.57. The lowest BCUT2D eigenvalue weighted by atomic mass is 9.78. The Morgan fingerprint density at radius 1 is 1.50 bits per heavy atom. The van der Waals surface area contributed by atoms with Crippen molar-refractivity contribution in [2.24, 2.45) is 5.92 Å². The Labute approximate surface area is 108 Å². The van der Waals surface area contributed by atoms with Crippen LogP contribution in [0.5, 0.6) is 0 Å². The van der Waals surface area contributed by atoms with Gasteiger partial charge in [-0.2, -0.15) is 0 Å². The van der Waals surface area contributed by atoms with Crippen LogP contribution in [-0.4, -0.2) is 22.9 Å². The number of fused-ring (bicyclic) bond motifs is 1. The maximum Gasteiger partial charge on any atom is 0.295 e. The van der Waals surface area contributed by atoms with Crippen molar-refractivity contribution in [2.45, 2.75) is 76.6 Å². The van der Waals surface area contributed by atoms with Crippen LogP contribution < -0.4 is 0 Å². The van der Waals surface area contributed by atoms with E-state index in [9.17, 15) is 10.1 Å². The fourth-order valence-electron chi connectivity index (χ4n) is 3.50. The second-order valence-corrected chi connectivity index (χ2v) is 5.70. The second kappa shape index (κ2) is 5.43. The minimum atomic E-state index is -0.717. The summed E-state index contributed by atoms with van der Waals surface area (Å²) in [5, 5.41) is 10.2. The number of nitrogens with zero attached hydrogens (tertiary/aromatic N) is 1. The van der Waals surface area contributed by atoms with Crippen LogP contribution in [0.3, 0.4) is 0 Å². The predicted molar refractivity (Wildman–Crippen MR) is 66.6 cm³/mol. The van der Waals surface area contributed by atoms with E-state index in [-0.39, 0.29) is 6.10 Å². The van der Waals surface area contributed by atoms with E-state index in [1.54, 1.807) is 0 Å². The van der Waals surface area contributed by atoms with Gasteiger partial charge in [0.25, 0.3) is 5.09 Å². The normalized spacial score (nSPS) is 39.3. The van der Waals surface area contributed by atoms with Crippen LogP contribution in [0.1, 0.15) is 58.8 Å². The molecule has 0 aromatic heterocycles. The molecule has 1 aliphatic heterocycles. The molecular formula is C13H23NO4. The molecule has 5 heteroatoms. The van der Waals surface area contributed by atoms with Crippen LogP contribution >= 0.6 is 0 Å². The highest BCUT2D eigenvalue weighted by molar-refractivity contribution is 4.97. The highest BCUT2D eigenvalue weighted by Gasteiger charge is 2.50. The van der Waals surface area contributed by atoms with Crippen molar-refractivity contribution in [3.05, 3.63) is 10.1 Å². The molecule has 104 valence electrons. The Balaban J connectivity index is 2.12. The van der Waals surface area contributed by atoms with Gasteiger partial charge in [0.15, 0.2) is 0 Å². The van der Waals surface area contributed by atoms with Gasteiger partial charge >= 0.3 is 0 Å². The summed E-state index contributed by atoms with van der Waals surface area (Å²) >= 11 is 0. The Kier molecular flexibility index (Phi) is 4.10. The zero-order valence-electron chi connectivity index (χ0n) is 11.3. The van der Waals surface area contributed by atoms with Gasteiger partial charge in [-0.05, 0) is 38.5 Å². The molecule has 0 spiro atoms. The molecule has 0 radical (unpaired) electrons. The lowest BCUT2D eigenvalue weighted by molar-refractivity contribution is -0.786. The van der Waals surface area contributed by atoms with Crippen molar-refractivity contribution >= 4 is 0 Å². The molecule has 2 rings (SSSR count). The van der Waals surface area contributed by atoms with Gasteiger partial charge in [-0.25, -0.2) is 0 Å². The summed E-state index contributed by atoms with van der Waals surface area (Å²) in [6, 6.07) is 0. The van der Waals surface area contributed by atoms with Crippen molar-refractivity contribution in [1.82, 2.24) is 0 Å². The zero-order chi connectivity index (χ0) is 13.2. The number of ether oxygens (including phenoxy) is 1. The van der Waals surface area contributed by atoms with Gasteiger partial charge in [-0.3, -0.25) is 0 Å². The molecule has 0 N–H and O–H groups in total. The third-order valence-electron chi connectivity index (χ3n) is 4.53. The molecule has 4 atom stereocenters. The van der Waals surface area contributed by atoms with E-state index in [2.05, 4.69) is 6.92 Å². The highest BCUT2D eigenvalue weighted by atomic mass is 17.0. The van der Waals surface area contributed by atoms with E-state index >= 15 is 0 Å². The summed E-state index contributed by atoms with van der Waals surface area (Å²) in [6.45, 7) is 4.01. The van der Waals surface area contributed by atoms with Gasteiger partial charge in [0.05, 0.1) is 12.2 Å². The lowest BCUT2D eigenvalue weighted by Crippen LogP contribution is -2.53. The molecule has 5 nitrogen and oxygen atoms in total. The van der Waals surface area contributed by atoms with Crippen LogP contribution in [0, 0.1) is 16.0 Å². The van der Waals surface area contributed by atoms with E-state index in [0.29, 0.717) is 12.0 Å². The first-order valence-corrected chi connectivity index (χ1v) is 7.06. The van der Waals surface area contributed by atoms with Crippen molar-refractivity contribution in [3.8, 4) is 0 Å². The van der Waals surface area contributed by atoms with Gasteiger partial charge in [0.1, 0.15) is 5.60 Å². The second-order valence-electron chi connectivity index (χ2n) is 5.70. The first-order valence-electron chi connectivity index (χ1n) is 7.06. The molecule has 0 amide bonds. The lowest BCUT2D eigenvalue weighted by Gasteiger charge is -2.45. The minimum absolute atomic E-state index is 0.186. The summed E-state index contributed by atoms with van der Waals surface area (Å²) in [5.41, 5.74) is -0.717. The van der Waals surface area contributed by atoms with Gasteiger partial charge in [0.2, 0.25) is 0 Å². The Morgan fingerprint density at radius 3 is 2.94 bits per heavy atom. The minimum Gasteiger partial charge on any atom is -0.372 e. The maximum absolute atomic E-state index is 10.8. The number of hydrogen-bond donors (Lipinski definition) is 0. The molecule has 1 heterocycles. The fraction of sp³-hybridized carbons (Fsp3) is 1.00. The average Bonchev–Trinajstić information content (AvgIpc) is 2.73. The van der Waals surface area contributed by atoms with E-state index in [1.807, 2.05) is 6.92 Å². The number of unbranched alkanes of at least 4 members (excludes halogenated alkanes) is 1.